The Morgan fingerprint density at radius 3 is 2.52 bits per heavy atom. The summed E-state index contributed by atoms with van der Waals surface area (Å²) in [6, 6.07) is 2.20. The topological polar surface area (TPSA) is 53.1 Å². The first kappa shape index (κ1) is 14.4. The molecule has 0 radical (unpaired) electrons. The smallest absolute Gasteiger partial charge is 0.234 e. The van der Waals surface area contributed by atoms with E-state index < -0.39 is 0 Å². The van der Waals surface area contributed by atoms with Crippen molar-refractivity contribution >= 4 is 5.88 Å². The van der Waals surface area contributed by atoms with Gasteiger partial charge in [0.25, 0.3) is 0 Å². The van der Waals surface area contributed by atoms with E-state index >= 15 is 0 Å². The highest BCUT2D eigenvalue weighted by atomic mass is 16.4. The first-order valence-corrected chi connectivity index (χ1v) is 8.51. The summed E-state index contributed by atoms with van der Waals surface area (Å²) in [7, 11) is 0. The average Bonchev–Trinajstić information content (AvgIpc) is 2.98. The summed E-state index contributed by atoms with van der Waals surface area (Å²) in [5.74, 6) is 2.31. The SMILES string of the molecule is N#Cc1nc(CCC2CCCCC2)oc1N1CCCCC1. The fraction of sp³-hybridized carbons (Fsp3) is 0.765. The number of hydrogen-bond donors (Lipinski definition) is 0. The number of anilines is 1. The third-order valence-electron chi connectivity index (χ3n) is 4.89. The Morgan fingerprint density at radius 1 is 1.10 bits per heavy atom. The minimum absolute atomic E-state index is 0.482. The van der Waals surface area contributed by atoms with Crippen LogP contribution in [-0.4, -0.2) is 18.1 Å². The van der Waals surface area contributed by atoms with Crippen LogP contribution < -0.4 is 4.90 Å². The van der Waals surface area contributed by atoms with E-state index in [0.717, 1.165) is 43.6 Å². The molecule has 2 heterocycles. The predicted molar refractivity (Wildman–Crippen MR) is 82.2 cm³/mol. The average molecular weight is 287 g/mol. The van der Waals surface area contributed by atoms with Crippen LogP contribution in [0.2, 0.25) is 0 Å². The molecule has 4 nitrogen and oxygen atoms in total. The lowest BCUT2D eigenvalue weighted by atomic mass is 9.86. The maximum absolute atomic E-state index is 9.28. The lowest BCUT2D eigenvalue weighted by Gasteiger charge is -2.25. The van der Waals surface area contributed by atoms with Gasteiger partial charge in [-0.05, 0) is 31.6 Å². The van der Waals surface area contributed by atoms with Gasteiger partial charge in [-0.3, -0.25) is 0 Å². The van der Waals surface area contributed by atoms with Crippen LogP contribution in [0.1, 0.15) is 69.4 Å². The lowest BCUT2D eigenvalue weighted by Crippen LogP contribution is -2.29. The second kappa shape index (κ2) is 6.98. The highest BCUT2D eigenvalue weighted by Crippen LogP contribution is 2.29. The van der Waals surface area contributed by atoms with Crippen LogP contribution in [0.3, 0.4) is 0 Å². The number of aromatic nitrogens is 1. The van der Waals surface area contributed by atoms with E-state index in [0.29, 0.717) is 5.69 Å². The van der Waals surface area contributed by atoms with Crippen molar-refractivity contribution < 1.29 is 4.42 Å². The van der Waals surface area contributed by atoms with Gasteiger partial charge in [0.05, 0.1) is 0 Å². The molecule has 21 heavy (non-hydrogen) atoms. The minimum Gasteiger partial charge on any atom is -0.424 e. The molecule has 0 atom stereocenters. The maximum Gasteiger partial charge on any atom is 0.234 e. The molecule has 1 saturated heterocycles. The summed E-state index contributed by atoms with van der Waals surface area (Å²) in [5.41, 5.74) is 0.482. The van der Waals surface area contributed by atoms with Crippen molar-refractivity contribution in [1.82, 2.24) is 4.98 Å². The summed E-state index contributed by atoms with van der Waals surface area (Å²) in [5, 5.41) is 9.28. The van der Waals surface area contributed by atoms with Crippen molar-refractivity contribution in [2.24, 2.45) is 5.92 Å². The van der Waals surface area contributed by atoms with Crippen LogP contribution in [0.5, 0.6) is 0 Å². The number of nitrogens with zero attached hydrogens (tertiary/aromatic N) is 3. The molecule has 1 aliphatic carbocycles. The summed E-state index contributed by atoms with van der Waals surface area (Å²) in [6.45, 7) is 1.98. The van der Waals surface area contributed by atoms with Gasteiger partial charge in [-0.2, -0.15) is 5.26 Å². The number of nitriles is 1. The number of oxazole rings is 1. The van der Waals surface area contributed by atoms with Gasteiger partial charge in [0.1, 0.15) is 6.07 Å². The third-order valence-corrected chi connectivity index (χ3v) is 4.89. The Hall–Kier alpha value is -1.50. The van der Waals surface area contributed by atoms with E-state index in [1.165, 1.54) is 51.4 Å². The standard InChI is InChI=1S/C17H25N3O/c18-13-15-17(20-11-5-2-6-12-20)21-16(19-15)10-9-14-7-3-1-4-8-14/h14H,1-12H2. The second-order valence-corrected chi connectivity index (χ2v) is 6.46. The van der Waals surface area contributed by atoms with Crippen LogP contribution in [0.15, 0.2) is 4.42 Å². The van der Waals surface area contributed by atoms with Crippen molar-refractivity contribution in [3.8, 4) is 6.07 Å². The van der Waals surface area contributed by atoms with Gasteiger partial charge in [-0.1, -0.05) is 32.1 Å². The molecule has 0 bridgehead atoms. The fourth-order valence-electron chi connectivity index (χ4n) is 3.65. The van der Waals surface area contributed by atoms with Crippen LogP contribution in [0, 0.1) is 17.2 Å². The van der Waals surface area contributed by atoms with Gasteiger partial charge in [-0.25, -0.2) is 4.98 Å². The first-order chi connectivity index (χ1) is 10.4. The Balaban J connectivity index is 1.63. The van der Waals surface area contributed by atoms with Crippen LogP contribution in [-0.2, 0) is 6.42 Å². The van der Waals surface area contributed by atoms with Gasteiger partial charge < -0.3 is 9.32 Å². The molecule has 1 aromatic heterocycles. The van der Waals surface area contributed by atoms with Gasteiger partial charge in [0.15, 0.2) is 5.89 Å². The predicted octanol–water partition coefficient (Wildman–Crippen LogP) is 4.05. The molecule has 2 fully saturated rings. The summed E-state index contributed by atoms with van der Waals surface area (Å²) >= 11 is 0. The zero-order valence-electron chi connectivity index (χ0n) is 12.8. The Morgan fingerprint density at radius 2 is 1.81 bits per heavy atom. The summed E-state index contributed by atoms with van der Waals surface area (Å²) in [4.78, 5) is 6.61. The zero-order chi connectivity index (χ0) is 14.5. The molecule has 114 valence electrons. The number of rotatable bonds is 4. The van der Waals surface area contributed by atoms with Gasteiger partial charge >= 0.3 is 0 Å². The van der Waals surface area contributed by atoms with Gasteiger partial charge in [0.2, 0.25) is 11.6 Å². The van der Waals surface area contributed by atoms with E-state index in [1.807, 2.05) is 0 Å². The van der Waals surface area contributed by atoms with E-state index in [9.17, 15) is 5.26 Å². The molecule has 0 spiro atoms. The minimum atomic E-state index is 0.482. The van der Waals surface area contributed by atoms with Crippen molar-refractivity contribution in [2.45, 2.75) is 64.2 Å². The summed E-state index contributed by atoms with van der Waals surface area (Å²) in [6.07, 6.45) is 12.5. The van der Waals surface area contributed by atoms with Crippen molar-refractivity contribution in [3.05, 3.63) is 11.6 Å². The van der Waals surface area contributed by atoms with Gasteiger partial charge in [-0.15, -0.1) is 0 Å². The molecule has 4 heteroatoms. The Kier molecular flexibility index (Phi) is 4.80. The maximum atomic E-state index is 9.28. The molecule has 0 aromatic carbocycles. The lowest BCUT2D eigenvalue weighted by molar-refractivity contribution is 0.328. The Labute approximate surface area is 127 Å². The molecule has 1 aliphatic heterocycles. The second-order valence-electron chi connectivity index (χ2n) is 6.46. The number of hydrogen-bond acceptors (Lipinski definition) is 4. The molecule has 0 amide bonds. The van der Waals surface area contributed by atoms with Crippen molar-refractivity contribution in [3.63, 3.8) is 0 Å². The quantitative estimate of drug-likeness (QED) is 0.838. The molecule has 0 unspecified atom stereocenters. The Bertz CT molecular complexity index is 491. The van der Waals surface area contributed by atoms with E-state index in [2.05, 4.69) is 16.0 Å². The van der Waals surface area contributed by atoms with E-state index in [4.69, 9.17) is 4.42 Å². The molecule has 1 saturated carbocycles. The van der Waals surface area contributed by atoms with Crippen LogP contribution >= 0.6 is 0 Å². The molecular formula is C17H25N3O. The highest BCUT2D eigenvalue weighted by Gasteiger charge is 2.22. The van der Waals surface area contributed by atoms with Crippen LogP contribution in [0.25, 0.3) is 0 Å². The third kappa shape index (κ3) is 3.58. The van der Waals surface area contributed by atoms with Crippen molar-refractivity contribution in [1.29, 1.82) is 5.26 Å². The van der Waals surface area contributed by atoms with Crippen molar-refractivity contribution in [2.75, 3.05) is 18.0 Å². The van der Waals surface area contributed by atoms with E-state index in [-0.39, 0.29) is 0 Å². The molecule has 1 aromatic rings. The molecule has 3 rings (SSSR count). The zero-order valence-corrected chi connectivity index (χ0v) is 12.8. The molecule has 2 aliphatic rings. The largest absolute Gasteiger partial charge is 0.424 e. The fourth-order valence-corrected chi connectivity index (χ4v) is 3.65. The molecule has 0 N–H and O–H groups in total. The summed E-state index contributed by atoms with van der Waals surface area (Å²) < 4.78 is 5.93. The monoisotopic (exact) mass is 287 g/mol. The highest BCUT2D eigenvalue weighted by molar-refractivity contribution is 5.48. The molecular weight excluding hydrogens is 262 g/mol. The number of piperidine rings is 1. The van der Waals surface area contributed by atoms with E-state index in [1.54, 1.807) is 0 Å². The first-order valence-electron chi connectivity index (χ1n) is 8.51. The normalized spacial score (nSPS) is 20.4. The van der Waals surface area contributed by atoms with Crippen LogP contribution in [0.4, 0.5) is 5.88 Å². The number of aryl methyl sites for hydroxylation is 1. The van der Waals surface area contributed by atoms with Gasteiger partial charge in [0, 0.05) is 19.5 Å².